The van der Waals surface area contributed by atoms with Crippen molar-refractivity contribution >= 4 is 34.6 Å². The Bertz CT molecular complexity index is 1450. The first-order chi connectivity index (χ1) is 17.8. The first-order valence-electron chi connectivity index (χ1n) is 13.3. The number of Topliss-reactive ketones (excluding diaryl/α,β-unsaturated/α-hetero) is 1. The smallest absolute Gasteiger partial charge is 0.228 e. The van der Waals surface area contributed by atoms with Gasteiger partial charge in [-0.05, 0) is 37.5 Å². The Labute approximate surface area is 200 Å². The first kappa shape index (κ1) is 16.0. The molecular formula is C26H27N5O2. The monoisotopic (exact) mass is 446 g/mol. The highest BCUT2D eigenvalue weighted by molar-refractivity contribution is 6.03. The highest BCUT2D eigenvalue weighted by Crippen LogP contribution is 2.43. The van der Waals surface area contributed by atoms with Gasteiger partial charge in [-0.2, -0.15) is 0 Å². The first-order valence-corrected chi connectivity index (χ1v) is 10.8. The summed E-state index contributed by atoms with van der Waals surface area (Å²) in [5, 5.41) is 5.96. The van der Waals surface area contributed by atoms with Gasteiger partial charge in [0, 0.05) is 53.5 Å². The maximum Gasteiger partial charge on any atom is 0.228 e. The number of hydrogen-bond donors (Lipinski definition) is 2. The van der Waals surface area contributed by atoms with Crippen LogP contribution in [0.2, 0.25) is 0 Å². The third kappa shape index (κ3) is 4.06. The lowest BCUT2D eigenvalue weighted by Gasteiger charge is -2.31. The molecule has 2 N–H and O–H groups in total. The number of amides is 1. The van der Waals surface area contributed by atoms with Crippen molar-refractivity contribution in [3.05, 3.63) is 59.4 Å². The Morgan fingerprint density at radius 1 is 1.24 bits per heavy atom. The SMILES string of the molecule is [2H]C([2H])([2H])CC(=O)c1cnc(NC(=O)C2CC2)cc1Nc1cccc2c1N(C)C([2H])([2H])c1ccc(C)nc1-2. The fourth-order valence-electron chi connectivity index (χ4n) is 3.95. The molecule has 1 aliphatic carbocycles. The van der Waals surface area contributed by atoms with E-state index in [1.54, 1.807) is 31.3 Å². The number of anilines is 4. The highest BCUT2D eigenvalue weighted by Gasteiger charge is 2.30. The quantitative estimate of drug-likeness (QED) is 0.513. The molecular weight excluding hydrogens is 414 g/mol. The predicted molar refractivity (Wildman–Crippen MR) is 130 cm³/mol. The van der Waals surface area contributed by atoms with Gasteiger partial charge in [0.2, 0.25) is 5.91 Å². The van der Waals surface area contributed by atoms with Crippen LogP contribution in [0.15, 0.2) is 42.6 Å². The number of para-hydroxylation sites is 1. The second kappa shape index (κ2) is 8.31. The van der Waals surface area contributed by atoms with Crippen LogP contribution in [-0.4, -0.2) is 28.7 Å². The van der Waals surface area contributed by atoms with Gasteiger partial charge in [-0.15, -0.1) is 0 Å². The number of hydrogen-bond acceptors (Lipinski definition) is 6. The van der Waals surface area contributed by atoms with Gasteiger partial charge in [0.15, 0.2) is 5.78 Å². The summed E-state index contributed by atoms with van der Waals surface area (Å²) >= 11 is 0. The summed E-state index contributed by atoms with van der Waals surface area (Å²) in [5.41, 5.74) is 3.74. The summed E-state index contributed by atoms with van der Waals surface area (Å²) in [6.07, 6.45) is 2.21. The molecule has 3 aromatic rings. The fraction of sp³-hybridized carbons (Fsp3) is 0.308. The lowest BCUT2D eigenvalue weighted by atomic mass is 9.97. The van der Waals surface area contributed by atoms with E-state index in [4.69, 9.17) is 6.85 Å². The Morgan fingerprint density at radius 3 is 2.88 bits per heavy atom. The Morgan fingerprint density at radius 2 is 2.09 bits per heavy atom. The van der Waals surface area contributed by atoms with E-state index in [0.29, 0.717) is 28.2 Å². The number of nitrogens with zero attached hydrogens (tertiary/aromatic N) is 3. The molecule has 0 radical (unpaired) electrons. The normalized spacial score (nSPS) is 18.5. The number of aryl methyl sites for hydroxylation is 1. The molecule has 1 fully saturated rings. The van der Waals surface area contributed by atoms with Crippen LogP contribution in [0.4, 0.5) is 22.9 Å². The Balaban J connectivity index is 1.60. The molecule has 2 aromatic heterocycles. The molecule has 0 saturated heterocycles. The molecule has 5 rings (SSSR count). The van der Waals surface area contributed by atoms with Crippen molar-refractivity contribution in [2.45, 2.75) is 39.5 Å². The molecule has 33 heavy (non-hydrogen) atoms. The third-order valence-corrected chi connectivity index (χ3v) is 5.78. The number of pyridine rings is 2. The molecule has 7 nitrogen and oxygen atoms in total. The van der Waals surface area contributed by atoms with E-state index in [-0.39, 0.29) is 28.9 Å². The van der Waals surface area contributed by atoms with E-state index in [9.17, 15) is 9.59 Å². The van der Waals surface area contributed by atoms with Crippen LogP contribution in [0.25, 0.3) is 11.3 Å². The van der Waals surface area contributed by atoms with Crippen molar-refractivity contribution in [2.24, 2.45) is 5.92 Å². The molecule has 168 valence electrons. The molecule has 2 aliphatic rings. The molecule has 3 heterocycles. The van der Waals surface area contributed by atoms with Crippen molar-refractivity contribution in [3.8, 4) is 11.3 Å². The average molecular weight is 447 g/mol. The second-order valence-corrected chi connectivity index (χ2v) is 8.32. The number of fused-ring (bicyclic) bond motifs is 3. The number of ketones is 1. The topological polar surface area (TPSA) is 87.2 Å². The van der Waals surface area contributed by atoms with Crippen LogP contribution in [0.3, 0.4) is 0 Å². The molecule has 1 aromatic carbocycles. The lowest BCUT2D eigenvalue weighted by molar-refractivity contribution is -0.117. The lowest BCUT2D eigenvalue weighted by Crippen LogP contribution is -2.23. The molecule has 0 spiro atoms. The van der Waals surface area contributed by atoms with E-state index in [1.807, 2.05) is 13.0 Å². The molecule has 1 aliphatic heterocycles. The van der Waals surface area contributed by atoms with Gasteiger partial charge in [-0.25, -0.2) is 4.98 Å². The number of carbonyl (C=O) groups is 2. The van der Waals surface area contributed by atoms with E-state index in [2.05, 4.69) is 20.6 Å². The molecule has 1 saturated carbocycles. The van der Waals surface area contributed by atoms with Crippen LogP contribution >= 0.6 is 0 Å². The van der Waals surface area contributed by atoms with Gasteiger partial charge in [0.1, 0.15) is 5.82 Å². The number of rotatable bonds is 6. The van der Waals surface area contributed by atoms with Crippen LogP contribution in [0.5, 0.6) is 0 Å². The summed E-state index contributed by atoms with van der Waals surface area (Å²) in [5.74, 6) is -0.617. The Kier molecular flexibility index (Phi) is 4.02. The van der Waals surface area contributed by atoms with Crippen molar-refractivity contribution in [1.82, 2.24) is 9.97 Å². The molecule has 0 unspecified atom stereocenters. The van der Waals surface area contributed by atoms with Crippen molar-refractivity contribution < 1.29 is 16.4 Å². The zero-order chi connectivity index (χ0) is 27.4. The molecule has 0 atom stereocenters. The molecule has 1 amide bonds. The maximum absolute atomic E-state index is 13.0. The van der Waals surface area contributed by atoms with Gasteiger partial charge in [0.05, 0.1) is 31.1 Å². The van der Waals surface area contributed by atoms with Crippen molar-refractivity contribution in [1.29, 1.82) is 0 Å². The number of aromatic nitrogens is 2. The summed E-state index contributed by atoms with van der Waals surface area (Å²) in [6, 6.07) is 10.4. The summed E-state index contributed by atoms with van der Waals surface area (Å²) < 4.78 is 40.2. The number of nitrogens with one attached hydrogen (secondary N) is 2. The standard InChI is InChI=1S/C26H27N5O2/c1-4-22(32)19-13-27-23(30-26(33)16-10-11-16)12-21(19)29-20-7-5-6-18-24-17(9-8-15(2)28-24)14-31(3)25(18)20/h5-9,12-13,16H,4,10-11,14H2,1-3H3,(H2,27,29,30,33)/i1D3,14D2. The zero-order valence-corrected chi connectivity index (χ0v) is 18.4. The van der Waals surface area contributed by atoms with Crippen LogP contribution in [-0.2, 0) is 11.3 Å². The van der Waals surface area contributed by atoms with E-state index < -0.39 is 25.6 Å². The minimum Gasteiger partial charge on any atom is -0.368 e. The molecule has 0 bridgehead atoms. The number of carbonyl (C=O) groups excluding carboxylic acids is 2. The van der Waals surface area contributed by atoms with Crippen molar-refractivity contribution in [2.75, 3.05) is 22.6 Å². The van der Waals surface area contributed by atoms with Gasteiger partial charge in [0.25, 0.3) is 0 Å². The predicted octanol–water partition coefficient (Wildman–Crippen LogP) is 5.09. The third-order valence-electron chi connectivity index (χ3n) is 5.78. The minimum absolute atomic E-state index is 0.0546. The largest absolute Gasteiger partial charge is 0.368 e. The fourth-order valence-corrected chi connectivity index (χ4v) is 3.95. The summed E-state index contributed by atoms with van der Waals surface area (Å²) in [6.45, 7) is -2.50. The van der Waals surface area contributed by atoms with Crippen LogP contribution < -0.4 is 15.5 Å². The van der Waals surface area contributed by atoms with Crippen molar-refractivity contribution in [3.63, 3.8) is 0 Å². The minimum atomic E-state index is -2.47. The zero-order valence-electron chi connectivity index (χ0n) is 23.4. The highest BCUT2D eigenvalue weighted by atomic mass is 16.2. The summed E-state index contributed by atoms with van der Waals surface area (Å²) in [4.78, 5) is 35.6. The van der Waals surface area contributed by atoms with E-state index in [0.717, 1.165) is 18.5 Å². The van der Waals surface area contributed by atoms with E-state index >= 15 is 0 Å². The number of benzene rings is 1. The maximum atomic E-state index is 13.0. The van der Waals surface area contributed by atoms with Crippen LogP contribution in [0.1, 0.15) is 54.6 Å². The van der Waals surface area contributed by atoms with Gasteiger partial charge in [-0.1, -0.05) is 25.1 Å². The van der Waals surface area contributed by atoms with Gasteiger partial charge in [-0.3, -0.25) is 14.6 Å². The Hall–Kier alpha value is -3.74. The van der Waals surface area contributed by atoms with Gasteiger partial charge < -0.3 is 15.5 Å². The van der Waals surface area contributed by atoms with Crippen LogP contribution in [0, 0.1) is 12.8 Å². The molecule has 7 heteroatoms. The average Bonchev–Trinajstić information content (AvgIpc) is 3.67. The van der Waals surface area contributed by atoms with Gasteiger partial charge >= 0.3 is 0 Å². The second-order valence-electron chi connectivity index (χ2n) is 8.32. The van der Waals surface area contributed by atoms with E-state index in [1.165, 1.54) is 17.2 Å². The summed E-state index contributed by atoms with van der Waals surface area (Å²) in [7, 11) is 1.64.